The number of rotatable bonds is 3. The highest BCUT2D eigenvalue weighted by atomic mass is 32.2. The Morgan fingerprint density at radius 3 is 2.68 bits per heavy atom. The van der Waals surface area contributed by atoms with Crippen LogP contribution in [0.4, 0.5) is 11.5 Å². The van der Waals surface area contributed by atoms with E-state index in [1.807, 2.05) is 12.1 Å². The highest BCUT2D eigenvalue weighted by molar-refractivity contribution is 7.90. The summed E-state index contributed by atoms with van der Waals surface area (Å²) in [6, 6.07) is 11.1. The minimum atomic E-state index is -3.28. The van der Waals surface area contributed by atoms with Crippen molar-refractivity contribution in [2.45, 2.75) is 23.8 Å². The third-order valence-corrected chi connectivity index (χ3v) is 5.65. The molecule has 1 unspecified atom stereocenters. The van der Waals surface area contributed by atoms with Crippen LogP contribution in [0.1, 0.15) is 11.1 Å². The third kappa shape index (κ3) is 3.02. The molecule has 6 nitrogen and oxygen atoms in total. The van der Waals surface area contributed by atoms with Crippen LogP contribution in [0.25, 0.3) is 10.9 Å². The maximum atomic E-state index is 11.8. The van der Waals surface area contributed by atoms with Crippen molar-refractivity contribution in [1.29, 1.82) is 0 Å². The number of benzene rings is 2. The molecule has 1 aliphatic carbocycles. The molecule has 0 radical (unpaired) electrons. The van der Waals surface area contributed by atoms with E-state index in [9.17, 15) is 8.42 Å². The summed E-state index contributed by atoms with van der Waals surface area (Å²) in [4.78, 5) is 8.82. The Hall–Kier alpha value is -2.67. The standard InChI is InChI=1S/C18H18N4O2S/c1-25(23,24)15-4-5-17-16(9-15)18(21-10-20-17)22-14-7-11-2-3-13(19)6-12(11)8-14/h2-6,9-10,14H,7-8,19H2,1H3,(H,20,21,22). The average Bonchev–Trinajstić information content (AvgIpc) is 2.95. The van der Waals surface area contributed by atoms with Crippen LogP contribution in [0, 0.1) is 0 Å². The highest BCUT2D eigenvalue weighted by Crippen LogP contribution is 2.29. The SMILES string of the molecule is CS(=O)(=O)c1ccc2ncnc(NC3Cc4ccc(N)cc4C3)c2c1. The Morgan fingerprint density at radius 2 is 1.88 bits per heavy atom. The van der Waals surface area contributed by atoms with Gasteiger partial charge in [-0.3, -0.25) is 0 Å². The van der Waals surface area contributed by atoms with Gasteiger partial charge in [-0.25, -0.2) is 18.4 Å². The molecule has 0 spiro atoms. The van der Waals surface area contributed by atoms with Gasteiger partial charge in [-0.2, -0.15) is 0 Å². The van der Waals surface area contributed by atoms with Crippen LogP contribution in [-0.4, -0.2) is 30.7 Å². The molecular weight excluding hydrogens is 336 g/mol. The second-order valence-electron chi connectivity index (χ2n) is 6.45. The molecule has 3 aromatic rings. The van der Waals surface area contributed by atoms with E-state index in [1.54, 1.807) is 18.2 Å². The summed E-state index contributed by atoms with van der Waals surface area (Å²) in [7, 11) is -3.28. The molecule has 7 heteroatoms. The number of nitrogens with one attached hydrogen (secondary N) is 1. The van der Waals surface area contributed by atoms with E-state index < -0.39 is 9.84 Å². The van der Waals surface area contributed by atoms with E-state index in [-0.39, 0.29) is 10.9 Å². The first-order valence-corrected chi connectivity index (χ1v) is 9.88. The molecule has 0 fully saturated rings. The molecule has 0 amide bonds. The molecule has 2 aromatic carbocycles. The van der Waals surface area contributed by atoms with Gasteiger partial charge in [0.05, 0.1) is 10.4 Å². The maximum absolute atomic E-state index is 11.8. The monoisotopic (exact) mass is 354 g/mol. The number of fused-ring (bicyclic) bond motifs is 2. The van der Waals surface area contributed by atoms with Crippen molar-refractivity contribution in [1.82, 2.24) is 9.97 Å². The summed E-state index contributed by atoms with van der Waals surface area (Å²) < 4.78 is 23.7. The Morgan fingerprint density at radius 1 is 1.08 bits per heavy atom. The van der Waals surface area contributed by atoms with E-state index in [1.165, 1.54) is 23.7 Å². The molecule has 1 heterocycles. The number of sulfone groups is 1. The lowest BCUT2D eigenvalue weighted by molar-refractivity contribution is 0.602. The highest BCUT2D eigenvalue weighted by Gasteiger charge is 2.22. The Bertz CT molecular complexity index is 1080. The van der Waals surface area contributed by atoms with Crippen LogP contribution < -0.4 is 11.1 Å². The van der Waals surface area contributed by atoms with Gasteiger partial charge in [0, 0.05) is 23.4 Å². The topological polar surface area (TPSA) is 98.0 Å². The zero-order valence-corrected chi connectivity index (χ0v) is 14.5. The van der Waals surface area contributed by atoms with E-state index >= 15 is 0 Å². The van der Waals surface area contributed by atoms with Gasteiger partial charge in [0.25, 0.3) is 0 Å². The van der Waals surface area contributed by atoms with Crippen molar-refractivity contribution in [3.63, 3.8) is 0 Å². The summed E-state index contributed by atoms with van der Waals surface area (Å²) in [6.07, 6.45) is 4.43. The van der Waals surface area contributed by atoms with Gasteiger partial charge in [0.2, 0.25) is 0 Å². The van der Waals surface area contributed by atoms with Crippen LogP contribution in [0.15, 0.2) is 47.6 Å². The molecule has 128 valence electrons. The molecule has 4 rings (SSSR count). The predicted octanol–water partition coefficient (Wildman–Crippen LogP) is 2.19. The largest absolute Gasteiger partial charge is 0.399 e. The summed E-state index contributed by atoms with van der Waals surface area (Å²) in [5.74, 6) is 0.654. The van der Waals surface area contributed by atoms with E-state index in [2.05, 4.69) is 21.4 Å². The van der Waals surface area contributed by atoms with Gasteiger partial charge in [-0.05, 0) is 54.3 Å². The van der Waals surface area contributed by atoms with Crippen LogP contribution >= 0.6 is 0 Å². The van der Waals surface area contributed by atoms with Crippen LogP contribution in [0.3, 0.4) is 0 Å². The number of hydrogen-bond acceptors (Lipinski definition) is 6. The van der Waals surface area contributed by atoms with Gasteiger partial charge < -0.3 is 11.1 Å². The fourth-order valence-electron chi connectivity index (χ4n) is 3.31. The Labute approximate surface area is 146 Å². The van der Waals surface area contributed by atoms with E-state index in [0.717, 1.165) is 18.5 Å². The fraction of sp³-hybridized carbons (Fsp3) is 0.222. The Kier molecular flexibility index (Phi) is 3.61. The van der Waals surface area contributed by atoms with Crippen LogP contribution in [-0.2, 0) is 22.7 Å². The summed E-state index contributed by atoms with van der Waals surface area (Å²) in [5.41, 5.74) is 9.87. The second-order valence-corrected chi connectivity index (χ2v) is 8.47. The molecule has 3 N–H and O–H groups in total. The van der Waals surface area contributed by atoms with Crippen molar-refractivity contribution >= 4 is 32.2 Å². The number of nitrogens with zero attached hydrogens (tertiary/aromatic N) is 2. The lowest BCUT2D eigenvalue weighted by Crippen LogP contribution is -2.20. The molecule has 25 heavy (non-hydrogen) atoms. The first kappa shape index (κ1) is 15.8. The van der Waals surface area contributed by atoms with Crippen molar-refractivity contribution in [2.24, 2.45) is 0 Å². The quantitative estimate of drug-likeness (QED) is 0.700. The molecule has 0 bridgehead atoms. The van der Waals surface area contributed by atoms with Crippen molar-refractivity contribution in [2.75, 3.05) is 17.3 Å². The van der Waals surface area contributed by atoms with E-state index in [0.29, 0.717) is 16.7 Å². The molecule has 0 aliphatic heterocycles. The molecule has 0 saturated heterocycles. The maximum Gasteiger partial charge on any atom is 0.175 e. The van der Waals surface area contributed by atoms with Crippen molar-refractivity contribution < 1.29 is 8.42 Å². The van der Waals surface area contributed by atoms with Crippen LogP contribution in [0.2, 0.25) is 0 Å². The second kappa shape index (κ2) is 5.70. The van der Waals surface area contributed by atoms with Gasteiger partial charge in [-0.15, -0.1) is 0 Å². The van der Waals surface area contributed by atoms with Crippen molar-refractivity contribution in [3.05, 3.63) is 53.9 Å². The molecule has 1 aromatic heterocycles. The molecule has 0 saturated carbocycles. The van der Waals surface area contributed by atoms with E-state index in [4.69, 9.17) is 5.73 Å². The number of hydrogen-bond donors (Lipinski definition) is 2. The smallest absolute Gasteiger partial charge is 0.175 e. The predicted molar refractivity (Wildman–Crippen MR) is 98.3 cm³/mol. The third-order valence-electron chi connectivity index (χ3n) is 4.54. The van der Waals surface area contributed by atoms with Crippen LogP contribution in [0.5, 0.6) is 0 Å². The lowest BCUT2D eigenvalue weighted by atomic mass is 10.1. The zero-order valence-electron chi connectivity index (χ0n) is 13.7. The van der Waals surface area contributed by atoms with Gasteiger partial charge in [0.1, 0.15) is 12.1 Å². The fourth-order valence-corrected chi connectivity index (χ4v) is 3.96. The lowest BCUT2D eigenvalue weighted by Gasteiger charge is -2.14. The summed E-state index contributed by atoms with van der Waals surface area (Å²) in [5, 5.41) is 4.15. The van der Waals surface area contributed by atoms with Crippen molar-refractivity contribution in [3.8, 4) is 0 Å². The first-order chi connectivity index (χ1) is 11.9. The van der Waals surface area contributed by atoms with Gasteiger partial charge in [0.15, 0.2) is 9.84 Å². The molecule has 1 atom stereocenters. The molecular formula is C18H18N4O2S. The summed E-state index contributed by atoms with van der Waals surface area (Å²) in [6.45, 7) is 0. The summed E-state index contributed by atoms with van der Waals surface area (Å²) >= 11 is 0. The normalized spacial score (nSPS) is 16.8. The number of anilines is 2. The first-order valence-electron chi connectivity index (χ1n) is 7.99. The average molecular weight is 354 g/mol. The minimum Gasteiger partial charge on any atom is -0.399 e. The van der Waals surface area contributed by atoms with Gasteiger partial charge >= 0.3 is 0 Å². The van der Waals surface area contributed by atoms with Gasteiger partial charge in [-0.1, -0.05) is 6.07 Å². The zero-order chi connectivity index (χ0) is 17.6. The molecule has 1 aliphatic rings. The number of nitrogens with two attached hydrogens (primary N) is 1. The Balaban J connectivity index is 1.68. The number of nitrogen functional groups attached to an aromatic ring is 1. The minimum absolute atomic E-state index is 0.191. The number of aromatic nitrogens is 2.